The molecule has 1 unspecified atom stereocenters. The monoisotopic (exact) mass is 399 g/mol. The van der Waals surface area contributed by atoms with Gasteiger partial charge in [-0.2, -0.15) is 0 Å². The van der Waals surface area contributed by atoms with Crippen molar-refractivity contribution in [2.24, 2.45) is 0 Å². The minimum absolute atomic E-state index is 0.0195. The van der Waals surface area contributed by atoms with Crippen LogP contribution in [0.15, 0.2) is 32.0 Å². The first-order valence-electron chi connectivity index (χ1n) is 5.35. The normalized spacial score (nSPS) is 15.4. The van der Waals surface area contributed by atoms with Crippen molar-refractivity contribution in [3.63, 3.8) is 0 Å². The minimum Gasteiger partial charge on any atom is -0.389 e. The molecule has 0 aliphatic heterocycles. The Balaban J connectivity index is 2.94. The van der Waals surface area contributed by atoms with Gasteiger partial charge in [-0.05, 0) is 47.5 Å². The molecule has 0 aliphatic rings. The fourth-order valence-electron chi connectivity index (χ4n) is 1.15. The molecule has 1 aromatic carbocycles. The van der Waals surface area contributed by atoms with Crippen LogP contribution in [-0.2, 0) is 10.0 Å². The molecule has 0 saturated heterocycles. The summed E-state index contributed by atoms with van der Waals surface area (Å²) in [5.74, 6) is 0. The van der Waals surface area contributed by atoms with Crippen LogP contribution in [0.2, 0.25) is 0 Å². The van der Waals surface area contributed by atoms with Crippen LogP contribution in [0, 0.1) is 0 Å². The van der Waals surface area contributed by atoms with Crippen LogP contribution in [-0.4, -0.2) is 25.7 Å². The van der Waals surface area contributed by atoms with E-state index >= 15 is 0 Å². The predicted molar refractivity (Wildman–Crippen MR) is 77.9 cm³/mol. The molecule has 0 spiro atoms. The van der Waals surface area contributed by atoms with Gasteiger partial charge in [-0.3, -0.25) is 0 Å². The molecule has 0 heterocycles. The van der Waals surface area contributed by atoms with E-state index in [1.165, 1.54) is 6.07 Å². The van der Waals surface area contributed by atoms with Crippen LogP contribution < -0.4 is 4.72 Å². The molecule has 7 heteroatoms. The van der Waals surface area contributed by atoms with Gasteiger partial charge in [0.25, 0.3) is 0 Å². The van der Waals surface area contributed by atoms with Crippen molar-refractivity contribution in [3.8, 4) is 0 Å². The third kappa shape index (κ3) is 4.31. The van der Waals surface area contributed by atoms with Crippen LogP contribution in [0.4, 0.5) is 0 Å². The SMILES string of the molecule is CCC(C)(O)CNS(=O)(=O)c1ccc(Br)cc1Br. The number of rotatable bonds is 5. The van der Waals surface area contributed by atoms with Gasteiger partial charge in [0, 0.05) is 15.5 Å². The van der Waals surface area contributed by atoms with Gasteiger partial charge in [0.05, 0.1) is 10.5 Å². The standard InChI is InChI=1S/C11H15Br2NO3S/c1-3-11(2,15)7-14-18(16,17)10-5-4-8(12)6-9(10)13/h4-6,14-15H,3,7H2,1-2H3. The van der Waals surface area contributed by atoms with Gasteiger partial charge in [0.2, 0.25) is 10.0 Å². The molecule has 0 saturated carbocycles. The van der Waals surface area contributed by atoms with Crippen molar-refractivity contribution in [3.05, 3.63) is 27.1 Å². The zero-order chi connectivity index (χ0) is 14.0. The summed E-state index contributed by atoms with van der Waals surface area (Å²) < 4.78 is 27.8. The van der Waals surface area contributed by atoms with E-state index in [2.05, 4.69) is 36.6 Å². The van der Waals surface area contributed by atoms with Gasteiger partial charge in [-0.15, -0.1) is 0 Å². The van der Waals surface area contributed by atoms with Gasteiger partial charge < -0.3 is 5.11 Å². The maximum atomic E-state index is 12.1. The average molecular weight is 401 g/mol. The number of benzene rings is 1. The van der Waals surface area contributed by atoms with Crippen molar-refractivity contribution in [2.75, 3.05) is 6.54 Å². The fourth-order valence-corrected chi connectivity index (χ4v) is 4.05. The molecule has 1 aromatic rings. The highest BCUT2D eigenvalue weighted by molar-refractivity contribution is 9.11. The van der Waals surface area contributed by atoms with Crippen LogP contribution in [0.3, 0.4) is 0 Å². The molecule has 4 nitrogen and oxygen atoms in total. The summed E-state index contributed by atoms with van der Waals surface area (Å²) in [4.78, 5) is 0.151. The van der Waals surface area contributed by atoms with E-state index in [1.54, 1.807) is 26.0 Å². The summed E-state index contributed by atoms with van der Waals surface area (Å²) in [5.41, 5.74) is -1.05. The highest BCUT2D eigenvalue weighted by Gasteiger charge is 2.23. The lowest BCUT2D eigenvalue weighted by Crippen LogP contribution is -2.40. The zero-order valence-corrected chi connectivity index (χ0v) is 14.1. The lowest BCUT2D eigenvalue weighted by Gasteiger charge is -2.21. The number of hydrogen-bond acceptors (Lipinski definition) is 3. The Kier molecular flexibility index (Phi) is 5.37. The zero-order valence-electron chi connectivity index (χ0n) is 10.1. The molecular formula is C11H15Br2NO3S. The van der Waals surface area contributed by atoms with E-state index in [0.717, 1.165) is 4.47 Å². The second-order valence-electron chi connectivity index (χ2n) is 4.25. The molecule has 0 fully saturated rings. The lowest BCUT2D eigenvalue weighted by atomic mass is 10.1. The van der Waals surface area contributed by atoms with Gasteiger partial charge >= 0.3 is 0 Å². The average Bonchev–Trinajstić information content (AvgIpc) is 2.26. The van der Waals surface area contributed by atoms with E-state index in [0.29, 0.717) is 10.9 Å². The van der Waals surface area contributed by atoms with Gasteiger partial charge in [0.1, 0.15) is 0 Å². The maximum Gasteiger partial charge on any atom is 0.241 e. The molecular weight excluding hydrogens is 386 g/mol. The topological polar surface area (TPSA) is 66.4 Å². The second-order valence-corrected chi connectivity index (χ2v) is 7.76. The molecule has 1 rings (SSSR count). The Morgan fingerprint density at radius 1 is 1.39 bits per heavy atom. The van der Waals surface area contributed by atoms with Crippen molar-refractivity contribution in [1.29, 1.82) is 0 Å². The first-order chi connectivity index (χ1) is 8.18. The molecule has 2 N–H and O–H groups in total. The Bertz CT molecular complexity index is 529. The summed E-state index contributed by atoms with van der Waals surface area (Å²) in [7, 11) is -3.63. The smallest absolute Gasteiger partial charge is 0.241 e. The third-order valence-electron chi connectivity index (χ3n) is 2.59. The Morgan fingerprint density at radius 3 is 2.50 bits per heavy atom. The fraction of sp³-hybridized carbons (Fsp3) is 0.455. The molecule has 0 bridgehead atoms. The van der Waals surface area contributed by atoms with E-state index in [9.17, 15) is 13.5 Å². The van der Waals surface area contributed by atoms with E-state index in [1.807, 2.05) is 0 Å². The first-order valence-corrected chi connectivity index (χ1v) is 8.42. The minimum atomic E-state index is -3.63. The summed E-state index contributed by atoms with van der Waals surface area (Å²) in [6, 6.07) is 4.81. The van der Waals surface area contributed by atoms with Crippen LogP contribution >= 0.6 is 31.9 Å². The van der Waals surface area contributed by atoms with Crippen molar-refractivity contribution in [1.82, 2.24) is 4.72 Å². The van der Waals surface area contributed by atoms with E-state index in [-0.39, 0.29) is 11.4 Å². The molecule has 0 radical (unpaired) electrons. The maximum absolute atomic E-state index is 12.1. The Labute approximate surface area is 124 Å². The van der Waals surface area contributed by atoms with E-state index < -0.39 is 15.6 Å². The highest BCUT2D eigenvalue weighted by Crippen LogP contribution is 2.25. The van der Waals surface area contributed by atoms with Gasteiger partial charge in [-0.1, -0.05) is 22.9 Å². The third-order valence-corrected chi connectivity index (χ3v) is 5.46. The van der Waals surface area contributed by atoms with E-state index in [4.69, 9.17) is 0 Å². The molecule has 102 valence electrons. The summed E-state index contributed by atoms with van der Waals surface area (Å²) >= 11 is 6.47. The predicted octanol–water partition coefficient (Wildman–Crippen LogP) is 2.65. The Morgan fingerprint density at radius 2 is 2.00 bits per heavy atom. The summed E-state index contributed by atoms with van der Waals surface area (Å²) in [6.07, 6.45) is 0.469. The number of hydrogen-bond donors (Lipinski definition) is 2. The van der Waals surface area contributed by atoms with Crippen molar-refractivity contribution in [2.45, 2.75) is 30.8 Å². The van der Waals surface area contributed by atoms with Crippen molar-refractivity contribution >= 4 is 41.9 Å². The van der Waals surface area contributed by atoms with Crippen LogP contribution in [0.1, 0.15) is 20.3 Å². The number of nitrogens with one attached hydrogen (secondary N) is 1. The first kappa shape index (κ1) is 16.1. The summed E-state index contributed by atoms with van der Waals surface area (Å²) in [5, 5.41) is 9.80. The largest absolute Gasteiger partial charge is 0.389 e. The molecule has 0 aromatic heterocycles. The lowest BCUT2D eigenvalue weighted by molar-refractivity contribution is 0.0613. The number of sulfonamides is 1. The molecule has 0 amide bonds. The van der Waals surface area contributed by atoms with Crippen molar-refractivity contribution < 1.29 is 13.5 Å². The molecule has 1 atom stereocenters. The van der Waals surface area contributed by atoms with Gasteiger partial charge in [-0.25, -0.2) is 13.1 Å². The quantitative estimate of drug-likeness (QED) is 0.798. The van der Waals surface area contributed by atoms with Gasteiger partial charge in [0.15, 0.2) is 0 Å². The van der Waals surface area contributed by atoms with Crippen LogP contribution in [0.5, 0.6) is 0 Å². The number of aliphatic hydroxyl groups is 1. The molecule has 18 heavy (non-hydrogen) atoms. The van der Waals surface area contributed by atoms with Crippen LogP contribution in [0.25, 0.3) is 0 Å². The number of halogens is 2. The highest BCUT2D eigenvalue weighted by atomic mass is 79.9. The Hall–Kier alpha value is 0.0500. The summed E-state index contributed by atoms with van der Waals surface area (Å²) in [6.45, 7) is 3.37. The second kappa shape index (κ2) is 6.00. The molecule has 0 aliphatic carbocycles.